The molecular formula is C22H20ClN3O2. The van der Waals surface area contributed by atoms with Crippen LogP contribution in [0.5, 0.6) is 0 Å². The van der Waals surface area contributed by atoms with Gasteiger partial charge in [0, 0.05) is 35.4 Å². The van der Waals surface area contributed by atoms with E-state index in [4.69, 9.17) is 11.6 Å². The van der Waals surface area contributed by atoms with Gasteiger partial charge in [-0.15, -0.1) is 0 Å². The van der Waals surface area contributed by atoms with Gasteiger partial charge in [0.15, 0.2) is 5.54 Å². The van der Waals surface area contributed by atoms with E-state index in [1.165, 1.54) is 4.90 Å². The third kappa shape index (κ3) is 2.14. The number of aromatic nitrogens is 1. The molecule has 0 saturated carbocycles. The summed E-state index contributed by atoms with van der Waals surface area (Å²) in [5.41, 5.74) is 2.72. The molecule has 6 heteroatoms. The van der Waals surface area contributed by atoms with Crippen LogP contribution in [0, 0.1) is 0 Å². The first-order valence-electron chi connectivity index (χ1n) is 9.34. The molecule has 1 saturated heterocycles. The zero-order valence-corrected chi connectivity index (χ0v) is 16.5. The molecule has 2 amide bonds. The van der Waals surface area contributed by atoms with Crippen molar-refractivity contribution in [2.75, 3.05) is 20.1 Å². The summed E-state index contributed by atoms with van der Waals surface area (Å²) in [5, 5.41) is 1.73. The van der Waals surface area contributed by atoms with Gasteiger partial charge in [-0.25, -0.2) is 0 Å². The Morgan fingerprint density at radius 2 is 1.82 bits per heavy atom. The van der Waals surface area contributed by atoms with Gasteiger partial charge in [-0.3, -0.25) is 9.59 Å². The van der Waals surface area contributed by atoms with Crippen molar-refractivity contribution in [1.82, 2.24) is 14.8 Å². The third-order valence-electron chi connectivity index (χ3n) is 6.20. The maximum atomic E-state index is 13.3. The van der Waals surface area contributed by atoms with E-state index >= 15 is 0 Å². The Bertz CT molecular complexity index is 1140. The number of halogens is 1. The highest BCUT2D eigenvalue weighted by Gasteiger charge is 2.55. The molecule has 2 atom stereocenters. The average molecular weight is 394 g/mol. The van der Waals surface area contributed by atoms with E-state index < -0.39 is 5.54 Å². The van der Waals surface area contributed by atoms with Gasteiger partial charge in [0.2, 0.25) is 5.91 Å². The molecule has 142 valence electrons. The van der Waals surface area contributed by atoms with E-state index in [2.05, 4.69) is 11.1 Å². The lowest BCUT2D eigenvalue weighted by atomic mass is 9.76. The van der Waals surface area contributed by atoms with Crippen LogP contribution in [0.1, 0.15) is 29.7 Å². The Balaban J connectivity index is 1.84. The molecule has 5 rings (SSSR count). The number of nitrogens with zero attached hydrogens (tertiary/aromatic N) is 2. The lowest BCUT2D eigenvalue weighted by molar-refractivity contribution is -0.164. The zero-order chi connectivity index (χ0) is 19.6. The minimum atomic E-state index is -1.05. The molecule has 5 nitrogen and oxygen atoms in total. The molecule has 3 aromatic rings. The molecular weight excluding hydrogens is 374 g/mol. The number of rotatable bonds is 1. The van der Waals surface area contributed by atoms with E-state index in [1.54, 1.807) is 11.9 Å². The number of carbonyl (C=O) groups is 2. The van der Waals surface area contributed by atoms with E-state index in [9.17, 15) is 9.59 Å². The summed E-state index contributed by atoms with van der Waals surface area (Å²) in [6, 6.07) is 15.8. The number of aromatic amines is 1. The molecule has 28 heavy (non-hydrogen) atoms. The molecule has 2 aliphatic heterocycles. The number of amides is 2. The van der Waals surface area contributed by atoms with Crippen molar-refractivity contribution >= 4 is 34.3 Å². The van der Waals surface area contributed by atoms with E-state index in [1.807, 2.05) is 49.4 Å². The molecule has 2 unspecified atom stereocenters. The molecule has 0 aliphatic carbocycles. The van der Waals surface area contributed by atoms with Crippen molar-refractivity contribution < 1.29 is 9.59 Å². The van der Waals surface area contributed by atoms with E-state index in [-0.39, 0.29) is 24.3 Å². The maximum Gasteiger partial charge on any atom is 0.254 e. The number of likely N-dealkylation sites (N-methyl/N-ethyl adjacent to an activating group) is 1. The highest BCUT2D eigenvalue weighted by atomic mass is 35.5. The first-order chi connectivity index (χ1) is 13.4. The third-order valence-corrected chi connectivity index (χ3v) is 6.55. The Hall–Kier alpha value is -2.79. The lowest BCUT2D eigenvalue weighted by Gasteiger charge is -2.50. The van der Waals surface area contributed by atoms with Crippen LogP contribution >= 0.6 is 11.6 Å². The summed E-state index contributed by atoms with van der Waals surface area (Å²) in [6.45, 7) is 2.37. The Labute approximate surface area is 167 Å². The first-order valence-corrected chi connectivity index (χ1v) is 9.72. The second kappa shape index (κ2) is 5.85. The first kappa shape index (κ1) is 17.3. The summed E-state index contributed by atoms with van der Waals surface area (Å²) < 4.78 is 0. The van der Waals surface area contributed by atoms with E-state index in [0.29, 0.717) is 11.6 Å². The van der Waals surface area contributed by atoms with Crippen molar-refractivity contribution in [2.24, 2.45) is 0 Å². The van der Waals surface area contributed by atoms with Crippen molar-refractivity contribution in [3.05, 3.63) is 70.4 Å². The number of H-pyrrole nitrogens is 1. The number of nitrogens with one attached hydrogen (secondary N) is 1. The predicted octanol–water partition coefficient (Wildman–Crippen LogP) is 3.48. The summed E-state index contributed by atoms with van der Waals surface area (Å²) in [4.78, 5) is 32.9. The maximum absolute atomic E-state index is 13.3. The number of fused-ring (bicyclic) bond motifs is 5. The van der Waals surface area contributed by atoms with Gasteiger partial charge in [0.1, 0.15) is 0 Å². The highest BCUT2D eigenvalue weighted by molar-refractivity contribution is 6.31. The molecule has 1 N–H and O–H groups in total. The SMILES string of the molecule is CN1CC(=O)N2CC(c3ccccc3Cl)c3c([nH]c4ccccc34)C2(C)C1=O. The lowest BCUT2D eigenvalue weighted by Crippen LogP contribution is -2.66. The predicted molar refractivity (Wildman–Crippen MR) is 108 cm³/mol. The van der Waals surface area contributed by atoms with Gasteiger partial charge in [0.25, 0.3) is 5.91 Å². The van der Waals surface area contributed by atoms with Gasteiger partial charge in [0.05, 0.1) is 12.2 Å². The topological polar surface area (TPSA) is 56.4 Å². The molecule has 1 aromatic heterocycles. The molecule has 2 aromatic carbocycles. The normalized spacial score (nSPS) is 24.5. The van der Waals surface area contributed by atoms with Gasteiger partial charge in [-0.1, -0.05) is 48.0 Å². The fourth-order valence-electron chi connectivity index (χ4n) is 4.82. The molecule has 0 radical (unpaired) electrons. The minimum Gasteiger partial charge on any atom is -0.356 e. The summed E-state index contributed by atoms with van der Waals surface area (Å²) in [5.74, 6) is -0.225. The van der Waals surface area contributed by atoms with Crippen molar-refractivity contribution in [3.63, 3.8) is 0 Å². The Kier molecular flexibility index (Phi) is 3.62. The van der Waals surface area contributed by atoms with Crippen molar-refractivity contribution in [3.8, 4) is 0 Å². The number of hydrogen-bond donors (Lipinski definition) is 1. The second-order valence-corrected chi connectivity index (χ2v) is 8.18. The Morgan fingerprint density at radius 3 is 2.61 bits per heavy atom. The van der Waals surface area contributed by atoms with Crippen LogP contribution in [0.2, 0.25) is 5.02 Å². The smallest absolute Gasteiger partial charge is 0.254 e. The minimum absolute atomic E-state index is 0.0500. The van der Waals surface area contributed by atoms with Crippen LogP contribution in [0.25, 0.3) is 10.9 Å². The molecule has 3 heterocycles. The highest BCUT2D eigenvalue weighted by Crippen LogP contribution is 2.48. The number of para-hydroxylation sites is 1. The number of piperazine rings is 1. The quantitative estimate of drug-likeness (QED) is 0.688. The fourth-order valence-corrected chi connectivity index (χ4v) is 5.09. The molecule has 0 spiro atoms. The van der Waals surface area contributed by atoms with E-state index in [0.717, 1.165) is 27.7 Å². The number of carbonyl (C=O) groups excluding carboxylic acids is 2. The van der Waals surface area contributed by atoms with Crippen LogP contribution in [-0.4, -0.2) is 46.7 Å². The van der Waals surface area contributed by atoms with Crippen LogP contribution < -0.4 is 0 Å². The number of benzene rings is 2. The zero-order valence-electron chi connectivity index (χ0n) is 15.7. The van der Waals surface area contributed by atoms with Crippen LogP contribution in [0.4, 0.5) is 0 Å². The van der Waals surface area contributed by atoms with Gasteiger partial charge in [-0.05, 0) is 30.2 Å². The van der Waals surface area contributed by atoms with Crippen LogP contribution in [0.15, 0.2) is 48.5 Å². The summed E-state index contributed by atoms with van der Waals surface area (Å²) in [7, 11) is 1.69. The monoisotopic (exact) mass is 393 g/mol. The van der Waals surface area contributed by atoms with Gasteiger partial charge < -0.3 is 14.8 Å². The van der Waals surface area contributed by atoms with Gasteiger partial charge in [-0.2, -0.15) is 0 Å². The summed E-state index contributed by atoms with van der Waals surface area (Å²) >= 11 is 6.55. The second-order valence-electron chi connectivity index (χ2n) is 7.77. The van der Waals surface area contributed by atoms with Crippen molar-refractivity contribution in [1.29, 1.82) is 0 Å². The molecule has 2 aliphatic rings. The Morgan fingerprint density at radius 1 is 1.11 bits per heavy atom. The molecule has 1 fully saturated rings. The number of hydrogen-bond acceptors (Lipinski definition) is 2. The van der Waals surface area contributed by atoms with Crippen LogP contribution in [0.3, 0.4) is 0 Å². The standard InChI is InChI=1S/C22H20ClN3O2/c1-22-20-19(14-8-4-6-10-17(14)24-20)15(13-7-3-5-9-16(13)23)11-26(22)18(27)12-25(2)21(22)28/h3-10,15,24H,11-12H2,1-2H3. The molecule has 0 bridgehead atoms. The summed E-state index contributed by atoms with van der Waals surface area (Å²) in [6.07, 6.45) is 0. The van der Waals surface area contributed by atoms with Gasteiger partial charge >= 0.3 is 0 Å². The fraction of sp³-hybridized carbons (Fsp3) is 0.273. The van der Waals surface area contributed by atoms with Crippen molar-refractivity contribution in [2.45, 2.75) is 18.4 Å². The largest absolute Gasteiger partial charge is 0.356 e. The van der Waals surface area contributed by atoms with Crippen LogP contribution in [-0.2, 0) is 15.1 Å². The average Bonchev–Trinajstić information content (AvgIpc) is 3.08.